The normalized spacial score (nSPS) is 12.0. The fraction of sp³-hybridized carbons (Fsp3) is 0.500. The number of hydrogen-bond acceptors (Lipinski definition) is 3. The number of hydrogen-bond donors (Lipinski definition) is 1. The maximum atomic E-state index is 13.0. The fourth-order valence-corrected chi connectivity index (χ4v) is 3.77. The van der Waals surface area contributed by atoms with Gasteiger partial charge in [-0.25, -0.2) is 12.8 Å². The third-order valence-electron chi connectivity index (χ3n) is 3.02. The van der Waals surface area contributed by atoms with Crippen LogP contribution in [0.15, 0.2) is 22.7 Å². The minimum Gasteiger partial charge on any atom is -0.352 e. The standard InChI is InChI=1S/C14H20BrFN2O3S/c1-10(2)18(22(3,20)21)8-4-7-17-14(19)12-6-5-11(16)9-13(12)15/h5-6,9-10H,4,7-8H2,1-3H3,(H,17,19). The lowest BCUT2D eigenvalue weighted by atomic mass is 10.2. The summed E-state index contributed by atoms with van der Waals surface area (Å²) in [6, 6.07) is 3.70. The molecule has 5 nitrogen and oxygen atoms in total. The molecule has 0 aromatic heterocycles. The Kier molecular flexibility index (Phi) is 6.96. The lowest BCUT2D eigenvalue weighted by Gasteiger charge is -2.23. The second-order valence-electron chi connectivity index (χ2n) is 5.20. The fourth-order valence-electron chi connectivity index (χ4n) is 2.01. The van der Waals surface area contributed by atoms with Gasteiger partial charge in [0.1, 0.15) is 5.82 Å². The van der Waals surface area contributed by atoms with E-state index in [1.165, 1.54) is 28.8 Å². The molecular weight excluding hydrogens is 375 g/mol. The number of carbonyl (C=O) groups is 1. The van der Waals surface area contributed by atoms with Crippen LogP contribution >= 0.6 is 15.9 Å². The first kappa shape index (κ1) is 19.1. The molecule has 1 aromatic carbocycles. The first-order chi connectivity index (χ1) is 10.1. The Bertz CT molecular complexity index is 635. The summed E-state index contributed by atoms with van der Waals surface area (Å²) in [6.07, 6.45) is 1.66. The number of halogens is 2. The molecule has 0 spiro atoms. The van der Waals surface area contributed by atoms with Gasteiger partial charge in [0.15, 0.2) is 0 Å². The molecule has 124 valence electrons. The van der Waals surface area contributed by atoms with Crippen LogP contribution in [0.5, 0.6) is 0 Å². The van der Waals surface area contributed by atoms with Gasteiger partial charge in [-0.3, -0.25) is 4.79 Å². The van der Waals surface area contributed by atoms with E-state index in [9.17, 15) is 17.6 Å². The van der Waals surface area contributed by atoms with Crippen molar-refractivity contribution >= 4 is 31.9 Å². The van der Waals surface area contributed by atoms with Crippen LogP contribution in [0.1, 0.15) is 30.6 Å². The van der Waals surface area contributed by atoms with E-state index in [4.69, 9.17) is 0 Å². The molecule has 22 heavy (non-hydrogen) atoms. The smallest absolute Gasteiger partial charge is 0.252 e. The molecule has 1 N–H and O–H groups in total. The van der Waals surface area contributed by atoms with E-state index < -0.39 is 15.8 Å². The van der Waals surface area contributed by atoms with Crippen LogP contribution in [-0.4, -0.2) is 44.0 Å². The molecule has 0 radical (unpaired) electrons. The highest BCUT2D eigenvalue weighted by molar-refractivity contribution is 9.10. The van der Waals surface area contributed by atoms with Gasteiger partial charge in [0.25, 0.3) is 5.91 Å². The molecule has 0 saturated carbocycles. The van der Waals surface area contributed by atoms with E-state index in [-0.39, 0.29) is 11.9 Å². The van der Waals surface area contributed by atoms with Crippen molar-refractivity contribution in [2.45, 2.75) is 26.3 Å². The van der Waals surface area contributed by atoms with Gasteiger partial charge in [-0.05, 0) is 54.4 Å². The van der Waals surface area contributed by atoms with Gasteiger partial charge in [0.2, 0.25) is 10.0 Å². The van der Waals surface area contributed by atoms with Crippen LogP contribution in [0.4, 0.5) is 4.39 Å². The van der Waals surface area contributed by atoms with Gasteiger partial charge in [-0.2, -0.15) is 4.31 Å². The van der Waals surface area contributed by atoms with Crippen LogP contribution in [0.3, 0.4) is 0 Å². The summed E-state index contributed by atoms with van der Waals surface area (Å²) in [5.41, 5.74) is 0.338. The molecule has 0 saturated heterocycles. The topological polar surface area (TPSA) is 66.5 Å². The zero-order chi connectivity index (χ0) is 16.9. The Balaban J connectivity index is 2.52. The molecule has 1 aromatic rings. The van der Waals surface area contributed by atoms with E-state index >= 15 is 0 Å². The van der Waals surface area contributed by atoms with Crippen molar-refractivity contribution in [3.05, 3.63) is 34.1 Å². The van der Waals surface area contributed by atoms with Gasteiger partial charge in [0, 0.05) is 23.6 Å². The average Bonchev–Trinajstić information content (AvgIpc) is 2.35. The summed E-state index contributed by atoms with van der Waals surface area (Å²) in [6.45, 7) is 4.27. The molecular formula is C14H20BrFN2O3S. The monoisotopic (exact) mass is 394 g/mol. The Morgan fingerprint density at radius 3 is 2.55 bits per heavy atom. The van der Waals surface area contributed by atoms with Gasteiger partial charge >= 0.3 is 0 Å². The molecule has 1 rings (SSSR count). The van der Waals surface area contributed by atoms with Crippen molar-refractivity contribution in [2.24, 2.45) is 0 Å². The highest BCUT2D eigenvalue weighted by Crippen LogP contribution is 2.17. The summed E-state index contributed by atoms with van der Waals surface area (Å²) in [5, 5.41) is 2.69. The highest BCUT2D eigenvalue weighted by Gasteiger charge is 2.19. The van der Waals surface area contributed by atoms with Crippen molar-refractivity contribution in [2.75, 3.05) is 19.3 Å². The van der Waals surface area contributed by atoms with Crippen molar-refractivity contribution in [1.82, 2.24) is 9.62 Å². The van der Waals surface area contributed by atoms with Gasteiger partial charge in [-0.1, -0.05) is 0 Å². The molecule has 0 fully saturated rings. The number of nitrogens with one attached hydrogen (secondary N) is 1. The lowest BCUT2D eigenvalue weighted by molar-refractivity contribution is 0.0952. The SMILES string of the molecule is CC(C)N(CCCNC(=O)c1ccc(F)cc1Br)S(C)(=O)=O. The predicted molar refractivity (Wildman–Crippen MR) is 87.7 cm³/mol. The minimum atomic E-state index is -3.26. The largest absolute Gasteiger partial charge is 0.352 e. The summed E-state index contributed by atoms with van der Waals surface area (Å²) < 4.78 is 37.9. The van der Waals surface area contributed by atoms with Gasteiger partial charge < -0.3 is 5.32 Å². The lowest BCUT2D eigenvalue weighted by Crippen LogP contribution is -2.38. The number of sulfonamides is 1. The summed E-state index contributed by atoms with van der Waals surface area (Å²) >= 11 is 3.14. The molecule has 0 heterocycles. The van der Waals surface area contributed by atoms with Gasteiger partial charge in [0.05, 0.1) is 11.8 Å². The van der Waals surface area contributed by atoms with Crippen LogP contribution < -0.4 is 5.32 Å². The molecule has 1 amide bonds. The average molecular weight is 395 g/mol. The Hall–Kier alpha value is -0.990. The summed E-state index contributed by atoms with van der Waals surface area (Å²) in [4.78, 5) is 12.0. The maximum Gasteiger partial charge on any atom is 0.252 e. The number of amides is 1. The number of benzene rings is 1. The third kappa shape index (κ3) is 5.66. The third-order valence-corrected chi connectivity index (χ3v) is 5.13. The number of rotatable bonds is 7. The molecule has 8 heteroatoms. The van der Waals surface area contributed by atoms with Gasteiger partial charge in [-0.15, -0.1) is 0 Å². The Labute approximate surface area is 139 Å². The summed E-state index contributed by atoms with van der Waals surface area (Å²) in [7, 11) is -3.26. The molecule has 0 unspecified atom stereocenters. The van der Waals surface area contributed by atoms with Crippen LogP contribution in [-0.2, 0) is 10.0 Å². The van der Waals surface area contributed by atoms with Crippen molar-refractivity contribution in [1.29, 1.82) is 0 Å². The number of carbonyl (C=O) groups excluding carboxylic acids is 1. The quantitative estimate of drug-likeness (QED) is 0.721. The first-order valence-electron chi connectivity index (χ1n) is 6.83. The maximum absolute atomic E-state index is 13.0. The molecule has 0 atom stereocenters. The first-order valence-corrected chi connectivity index (χ1v) is 9.47. The van der Waals surface area contributed by atoms with E-state index in [1.807, 2.05) is 0 Å². The predicted octanol–water partition coefficient (Wildman–Crippen LogP) is 2.38. The Morgan fingerprint density at radius 1 is 1.41 bits per heavy atom. The van der Waals surface area contributed by atoms with Crippen LogP contribution in [0, 0.1) is 5.82 Å². The second-order valence-corrected chi connectivity index (χ2v) is 7.99. The van der Waals surface area contributed by atoms with E-state index in [1.54, 1.807) is 13.8 Å². The van der Waals surface area contributed by atoms with E-state index in [0.29, 0.717) is 29.5 Å². The second kappa shape index (κ2) is 8.03. The Morgan fingerprint density at radius 2 is 2.05 bits per heavy atom. The van der Waals surface area contributed by atoms with Crippen LogP contribution in [0.2, 0.25) is 0 Å². The molecule has 0 aliphatic rings. The molecule has 0 bridgehead atoms. The highest BCUT2D eigenvalue weighted by atomic mass is 79.9. The van der Waals surface area contributed by atoms with Crippen molar-refractivity contribution in [3.8, 4) is 0 Å². The zero-order valence-corrected chi connectivity index (χ0v) is 15.2. The molecule has 0 aliphatic carbocycles. The van der Waals surface area contributed by atoms with Crippen molar-refractivity contribution < 1.29 is 17.6 Å². The van der Waals surface area contributed by atoms with Crippen molar-refractivity contribution in [3.63, 3.8) is 0 Å². The number of nitrogens with zero attached hydrogens (tertiary/aromatic N) is 1. The minimum absolute atomic E-state index is 0.128. The van der Waals surface area contributed by atoms with Crippen LogP contribution in [0.25, 0.3) is 0 Å². The molecule has 0 aliphatic heterocycles. The van der Waals surface area contributed by atoms with E-state index in [0.717, 1.165) is 0 Å². The zero-order valence-electron chi connectivity index (χ0n) is 12.8. The van der Waals surface area contributed by atoms with E-state index in [2.05, 4.69) is 21.2 Å². The summed E-state index contributed by atoms with van der Waals surface area (Å²) in [5.74, 6) is -0.758.